The van der Waals surface area contributed by atoms with Crippen molar-refractivity contribution in [3.63, 3.8) is 0 Å². The van der Waals surface area contributed by atoms with E-state index in [0.29, 0.717) is 12.5 Å². The lowest BCUT2D eigenvalue weighted by molar-refractivity contribution is -0.384. The number of nitrogens with one attached hydrogen (secondary N) is 1. The van der Waals surface area contributed by atoms with Crippen LogP contribution in [-0.4, -0.2) is 17.0 Å². The number of rotatable bonds is 4. The van der Waals surface area contributed by atoms with E-state index in [0.717, 1.165) is 12.1 Å². The van der Waals surface area contributed by atoms with Crippen LogP contribution in [0.1, 0.15) is 32.6 Å². The van der Waals surface area contributed by atoms with E-state index in [1.54, 1.807) is 12.1 Å². The van der Waals surface area contributed by atoms with Gasteiger partial charge in [0.05, 0.1) is 10.5 Å². The number of benzene rings is 1. The molecule has 5 nitrogen and oxygen atoms in total. The number of hydrogen-bond acceptors (Lipinski definition) is 4. The molecule has 0 radical (unpaired) electrons. The molecule has 1 aromatic carbocycles. The first-order chi connectivity index (χ1) is 9.07. The Morgan fingerprint density at radius 3 is 2.63 bits per heavy atom. The molecule has 1 fully saturated rings. The van der Waals surface area contributed by atoms with Crippen molar-refractivity contribution >= 4 is 11.4 Å². The first-order valence-electron chi connectivity index (χ1n) is 6.80. The molecule has 2 rings (SSSR count). The standard InChI is InChI=1S/C14H21N3O2/c1-11-4-2-3-9-14(11,10-15)16-12-5-7-13(8-6-12)17(18)19/h5-8,11,16H,2-4,9-10,15H2,1H3. The number of anilines is 1. The Kier molecular flexibility index (Phi) is 4.04. The maximum absolute atomic E-state index is 10.6. The second kappa shape index (κ2) is 5.57. The summed E-state index contributed by atoms with van der Waals surface area (Å²) in [6, 6.07) is 6.58. The number of nitro benzene ring substituents is 1. The van der Waals surface area contributed by atoms with Crippen molar-refractivity contribution in [1.29, 1.82) is 0 Å². The average Bonchev–Trinajstić information content (AvgIpc) is 2.42. The van der Waals surface area contributed by atoms with Crippen LogP contribution in [0, 0.1) is 16.0 Å². The van der Waals surface area contributed by atoms with Gasteiger partial charge in [0.2, 0.25) is 0 Å². The van der Waals surface area contributed by atoms with Crippen LogP contribution in [0.2, 0.25) is 0 Å². The van der Waals surface area contributed by atoms with Crippen molar-refractivity contribution in [3.05, 3.63) is 34.4 Å². The van der Waals surface area contributed by atoms with Crippen LogP contribution >= 0.6 is 0 Å². The molecule has 0 saturated heterocycles. The second-order valence-electron chi connectivity index (χ2n) is 5.44. The van der Waals surface area contributed by atoms with E-state index >= 15 is 0 Å². The minimum atomic E-state index is -0.383. The van der Waals surface area contributed by atoms with Gasteiger partial charge in [-0.1, -0.05) is 19.8 Å². The molecule has 0 spiro atoms. The van der Waals surface area contributed by atoms with Gasteiger partial charge in [0.15, 0.2) is 0 Å². The van der Waals surface area contributed by atoms with Crippen molar-refractivity contribution in [2.24, 2.45) is 11.7 Å². The maximum atomic E-state index is 10.6. The summed E-state index contributed by atoms with van der Waals surface area (Å²) in [6.07, 6.45) is 4.67. The Bertz CT molecular complexity index is 447. The number of non-ortho nitro benzene ring substituents is 1. The Hall–Kier alpha value is -1.62. The molecule has 0 aromatic heterocycles. The predicted octanol–water partition coefficient (Wildman–Crippen LogP) is 2.91. The zero-order valence-electron chi connectivity index (χ0n) is 11.3. The molecule has 2 atom stereocenters. The number of nitrogens with zero attached hydrogens (tertiary/aromatic N) is 1. The van der Waals surface area contributed by atoms with Gasteiger partial charge in [-0.15, -0.1) is 0 Å². The minimum Gasteiger partial charge on any atom is -0.378 e. The molecule has 104 valence electrons. The first kappa shape index (κ1) is 13.8. The summed E-state index contributed by atoms with van der Waals surface area (Å²) < 4.78 is 0. The molecule has 0 heterocycles. The van der Waals surface area contributed by atoms with Gasteiger partial charge >= 0.3 is 0 Å². The number of hydrogen-bond donors (Lipinski definition) is 2. The largest absolute Gasteiger partial charge is 0.378 e. The quantitative estimate of drug-likeness (QED) is 0.646. The molecular weight excluding hydrogens is 242 g/mol. The van der Waals surface area contributed by atoms with E-state index < -0.39 is 0 Å². The van der Waals surface area contributed by atoms with Crippen molar-refractivity contribution < 1.29 is 4.92 Å². The molecule has 0 bridgehead atoms. The van der Waals surface area contributed by atoms with Gasteiger partial charge in [-0.05, 0) is 30.9 Å². The normalized spacial score (nSPS) is 26.9. The first-order valence-corrected chi connectivity index (χ1v) is 6.80. The lowest BCUT2D eigenvalue weighted by Crippen LogP contribution is -2.52. The lowest BCUT2D eigenvalue weighted by atomic mass is 9.73. The molecule has 3 N–H and O–H groups in total. The summed E-state index contributed by atoms with van der Waals surface area (Å²) in [5, 5.41) is 14.2. The van der Waals surface area contributed by atoms with Crippen molar-refractivity contribution in [2.75, 3.05) is 11.9 Å². The fraction of sp³-hybridized carbons (Fsp3) is 0.571. The number of nitrogens with two attached hydrogens (primary N) is 1. The Morgan fingerprint density at radius 1 is 1.42 bits per heavy atom. The summed E-state index contributed by atoms with van der Waals surface area (Å²) in [7, 11) is 0. The molecular formula is C14H21N3O2. The van der Waals surface area contributed by atoms with Crippen molar-refractivity contribution in [2.45, 2.75) is 38.1 Å². The van der Waals surface area contributed by atoms with Crippen LogP contribution in [0.25, 0.3) is 0 Å². The van der Waals surface area contributed by atoms with E-state index in [4.69, 9.17) is 5.73 Å². The summed E-state index contributed by atoms with van der Waals surface area (Å²) in [4.78, 5) is 10.3. The van der Waals surface area contributed by atoms with E-state index in [1.165, 1.54) is 31.4 Å². The highest BCUT2D eigenvalue weighted by molar-refractivity contribution is 5.50. The van der Waals surface area contributed by atoms with Crippen LogP contribution in [0.15, 0.2) is 24.3 Å². The molecule has 2 unspecified atom stereocenters. The highest BCUT2D eigenvalue weighted by Gasteiger charge is 2.36. The van der Waals surface area contributed by atoms with E-state index in [9.17, 15) is 10.1 Å². The average molecular weight is 263 g/mol. The third-order valence-corrected chi connectivity index (χ3v) is 4.29. The minimum absolute atomic E-state index is 0.0750. The van der Waals surface area contributed by atoms with Gasteiger partial charge in [0.1, 0.15) is 0 Å². The summed E-state index contributed by atoms with van der Waals surface area (Å²) in [5.41, 5.74) is 6.93. The smallest absolute Gasteiger partial charge is 0.269 e. The second-order valence-corrected chi connectivity index (χ2v) is 5.44. The molecule has 1 saturated carbocycles. The topological polar surface area (TPSA) is 81.2 Å². The van der Waals surface area contributed by atoms with Crippen LogP contribution < -0.4 is 11.1 Å². The van der Waals surface area contributed by atoms with Crippen LogP contribution in [-0.2, 0) is 0 Å². The van der Waals surface area contributed by atoms with Crippen molar-refractivity contribution in [1.82, 2.24) is 0 Å². The Morgan fingerprint density at radius 2 is 2.11 bits per heavy atom. The zero-order valence-corrected chi connectivity index (χ0v) is 11.3. The zero-order chi connectivity index (χ0) is 13.9. The SMILES string of the molecule is CC1CCCCC1(CN)Nc1ccc([N+](=O)[O-])cc1. The maximum Gasteiger partial charge on any atom is 0.269 e. The van der Waals surface area contributed by atoms with Crippen molar-refractivity contribution in [3.8, 4) is 0 Å². The van der Waals surface area contributed by atoms with Gasteiger partial charge in [-0.3, -0.25) is 10.1 Å². The number of nitro groups is 1. The van der Waals surface area contributed by atoms with E-state index in [1.807, 2.05) is 0 Å². The Labute approximate surface area is 113 Å². The fourth-order valence-electron chi connectivity index (χ4n) is 2.91. The molecule has 1 aromatic rings. The van der Waals surface area contributed by atoms with Gasteiger partial charge in [-0.25, -0.2) is 0 Å². The molecule has 1 aliphatic rings. The van der Waals surface area contributed by atoms with Gasteiger partial charge in [-0.2, -0.15) is 0 Å². The molecule has 1 aliphatic carbocycles. The highest BCUT2D eigenvalue weighted by atomic mass is 16.6. The van der Waals surface area contributed by atoms with Gasteiger partial charge < -0.3 is 11.1 Å². The van der Waals surface area contributed by atoms with E-state index in [2.05, 4.69) is 12.2 Å². The fourth-order valence-corrected chi connectivity index (χ4v) is 2.91. The van der Waals surface area contributed by atoms with Gasteiger partial charge in [0, 0.05) is 24.4 Å². The Balaban J connectivity index is 2.15. The van der Waals surface area contributed by atoms with Gasteiger partial charge in [0.25, 0.3) is 5.69 Å². The predicted molar refractivity (Wildman–Crippen MR) is 76.1 cm³/mol. The highest BCUT2D eigenvalue weighted by Crippen LogP contribution is 2.36. The molecule has 0 aliphatic heterocycles. The lowest BCUT2D eigenvalue weighted by Gasteiger charge is -2.43. The summed E-state index contributed by atoms with van der Waals surface area (Å²) in [5.74, 6) is 0.515. The van der Waals surface area contributed by atoms with Crippen LogP contribution in [0.5, 0.6) is 0 Å². The molecule has 0 amide bonds. The third-order valence-electron chi connectivity index (χ3n) is 4.29. The summed E-state index contributed by atoms with van der Waals surface area (Å²) in [6.45, 7) is 2.82. The summed E-state index contributed by atoms with van der Waals surface area (Å²) >= 11 is 0. The monoisotopic (exact) mass is 263 g/mol. The van der Waals surface area contributed by atoms with Crippen LogP contribution in [0.4, 0.5) is 11.4 Å². The molecule has 5 heteroatoms. The van der Waals surface area contributed by atoms with Crippen LogP contribution in [0.3, 0.4) is 0 Å². The third kappa shape index (κ3) is 2.87. The molecule has 19 heavy (non-hydrogen) atoms. The van der Waals surface area contributed by atoms with E-state index in [-0.39, 0.29) is 16.1 Å².